The number of nitroso groups, excluding NO2 is 2. The van der Waals surface area contributed by atoms with Crippen LogP contribution in [0.1, 0.15) is 40.5 Å². The molecule has 0 amide bonds. The Balaban J connectivity index is 1.58. The molecule has 0 radical (unpaired) electrons. The van der Waals surface area contributed by atoms with Gasteiger partial charge in [0.15, 0.2) is 0 Å². The number of hydrogen-bond acceptors (Lipinski definition) is 12. The first kappa shape index (κ1) is 30.3. The van der Waals surface area contributed by atoms with Crippen LogP contribution in [0.5, 0.6) is 11.5 Å². The van der Waals surface area contributed by atoms with Crippen molar-refractivity contribution in [1.29, 1.82) is 0 Å². The highest BCUT2D eigenvalue weighted by Crippen LogP contribution is 2.21. The lowest BCUT2D eigenvalue weighted by atomic mass is 10.0. The molecule has 0 aliphatic rings. The van der Waals surface area contributed by atoms with Gasteiger partial charge in [-0.2, -0.15) is 0 Å². The third-order valence-corrected chi connectivity index (χ3v) is 5.20. The van der Waals surface area contributed by atoms with Crippen LogP contribution in [0.4, 0.5) is 21.0 Å². The molecule has 0 spiro atoms. The van der Waals surface area contributed by atoms with Gasteiger partial charge in [-0.05, 0) is 93.0 Å². The van der Waals surface area contributed by atoms with E-state index < -0.39 is 23.5 Å². The van der Waals surface area contributed by atoms with Crippen LogP contribution in [-0.4, -0.2) is 49.9 Å². The molecule has 2 rings (SSSR count). The van der Waals surface area contributed by atoms with Gasteiger partial charge >= 0.3 is 12.3 Å². The summed E-state index contributed by atoms with van der Waals surface area (Å²) in [4.78, 5) is 44.4. The maximum atomic E-state index is 11.8. The van der Waals surface area contributed by atoms with Crippen LogP contribution < -0.4 is 9.47 Å². The molecule has 2 aromatic rings. The molecule has 0 N–H and O–H groups in total. The van der Waals surface area contributed by atoms with Crippen LogP contribution in [0.15, 0.2) is 58.9 Å². The van der Waals surface area contributed by atoms with Crippen molar-refractivity contribution >= 4 is 23.7 Å². The van der Waals surface area contributed by atoms with Crippen molar-refractivity contribution in [2.45, 2.75) is 51.7 Å². The summed E-state index contributed by atoms with van der Waals surface area (Å²) in [7, 11) is 0. The average molecular weight is 533 g/mol. The normalized spacial score (nSPS) is 11.4. The zero-order valence-corrected chi connectivity index (χ0v) is 21.8. The second kappa shape index (κ2) is 14.7. The molecule has 0 aliphatic heterocycles. The van der Waals surface area contributed by atoms with Gasteiger partial charge in [-0.3, -0.25) is 0 Å². The van der Waals surface area contributed by atoms with Crippen molar-refractivity contribution < 1.29 is 38.0 Å². The van der Waals surface area contributed by atoms with E-state index in [4.69, 9.17) is 28.4 Å². The fraction of sp³-hybridized carbons (Fsp3) is 0.462. The number of carbonyl (C=O) groups is 2. The Labute approximate surface area is 220 Å². The second-order valence-corrected chi connectivity index (χ2v) is 9.29. The van der Waals surface area contributed by atoms with E-state index >= 15 is 0 Å². The molecule has 0 saturated heterocycles. The van der Waals surface area contributed by atoms with Crippen molar-refractivity contribution in [3.63, 3.8) is 0 Å². The van der Waals surface area contributed by atoms with Crippen LogP contribution in [-0.2, 0) is 18.9 Å². The predicted octanol–water partition coefficient (Wildman–Crippen LogP) is 6.58. The summed E-state index contributed by atoms with van der Waals surface area (Å²) in [6.45, 7) is 8.16. The molecule has 38 heavy (non-hydrogen) atoms. The Morgan fingerprint density at radius 2 is 1.00 bits per heavy atom. The van der Waals surface area contributed by atoms with Crippen molar-refractivity contribution in [3.8, 4) is 11.5 Å². The smallest absolute Gasteiger partial charge is 0.434 e. The van der Waals surface area contributed by atoms with Crippen LogP contribution in [0, 0.1) is 9.81 Å². The highest BCUT2D eigenvalue weighted by molar-refractivity contribution is 5.64. The summed E-state index contributed by atoms with van der Waals surface area (Å²) in [5.74, 6) is 0.472. The summed E-state index contributed by atoms with van der Waals surface area (Å²) in [5, 5.41) is 5.54. The summed E-state index contributed by atoms with van der Waals surface area (Å²) in [5.41, 5.74) is -0.665. The fourth-order valence-corrected chi connectivity index (χ4v) is 2.94. The Hall–Kier alpha value is -3.90. The van der Waals surface area contributed by atoms with Crippen LogP contribution in [0.25, 0.3) is 0 Å². The van der Waals surface area contributed by atoms with Gasteiger partial charge in [-0.1, -0.05) is 0 Å². The van der Waals surface area contributed by atoms with E-state index in [0.29, 0.717) is 19.4 Å². The number of nitrogens with zero attached hydrogens (tertiary/aromatic N) is 2. The molecule has 0 bridgehead atoms. The van der Waals surface area contributed by atoms with Gasteiger partial charge in [0.25, 0.3) is 0 Å². The number of rotatable bonds is 15. The van der Waals surface area contributed by atoms with Gasteiger partial charge in [0.2, 0.25) is 0 Å². The zero-order chi connectivity index (χ0) is 28.0. The lowest BCUT2D eigenvalue weighted by Crippen LogP contribution is -2.32. The second-order valence-electron chi connectivity index (χ2n) is 9.29. The summed E-state index contributed by atoms with van der Waals surface area (Å²) < 4.78 is 31.9. The van der Waals surface area contributed by atoms with Crippen LogP contribution in [0.3, 0.4) is 0 Å². The van der Waals surface area contributed by atoms with E-state index in [0.717, 1.165) is 0 Å². The first-order valence-electron chi connectivity index (χ1n) is 11.9. The van der Waals surface area contributed by atoms with Gasteiger partial charge in [0.1, 0.15) is 29.5 Å². The quantitative estimate of drug-likeness (QED) is 0.106. The van der Waals surface area contributed by atoms with Gasteiger partial charge in [0.05, 0.1) is 31.0 Å². The molecule has 0 heterocycles. The van der Waals surface area contributed by atoms with Gasteiger partial charge in [-0.25, -0.2) is 9.59 Å². The highest BCUT2D eigenvalue weighted by Gasteiger charge is 2.23. The lowest BCUT2D eigenvalue weighted by molar-refractivity contribution is -0.0849. The maximum absolute atomic E-state index is 11.8. The Kier molecular flexibility index (Phi) is 11.8. The zero-order valence-electron chi connectivity index (χ0n) is 21.8. The van der Waals surface area contributed by atoms with Crippen LogP contribution in [0.2, 0.25) is 0 Å². The molecule has 12 nitrogen and oxygen atoms in total. The topological polar surface area (TPSA) is 148 Å². The number of benzene rings is 2. The molecular weight excluding hydrogens is 500 g/mol. The molecule has 12 heteroatoms. The van der Waals surface area contributed by atoms with Crippen molar-refractivity contribution in [2.75, 3.05) is 26.4 Å². The monoisotopic (exact) mass is 532 g/mol. The highest BCUT2D eigenvalue weighted by atomic mass is 16.7. The number of hydrogen-bond donors (Lipinski definition) is 0. The van der Waals surface area contributed by atoms with Crippen molar-refractivity contribution in [1.82, 2.24) is 0 Å². The molecule has 0 aromatic heterocycles. The van der Waals surface area contributed by atoms with Crippen molar-refractivity contribution in [3.05, 3.63) is 58.3 Å². The van der Waals surface area contributed by atoms with Gasteiger partial charge in [0, 0.05) is 6.42 Å². The van der Waals surface area contributed by atoms with E-state index in [9.17, 15) is 19.4 Å². The third-order valence-electron chi connectivity index (χ3n) is 5.20. The van der Waals surface area contributed by atoms with E-state index in [1.165, 1.54) is 48.5 Å². The first-order chi connectivity index (χ1) is 18.0. The number of carbonyl (C=O) groups excluding carboxylic acids is 2. The molecule has 2 aromatic carbocycles. The predicted molar refractivity (Wildman–Crippen MR) is 137 cm³/mol. The minimum absolute atomic E-state index is 0.00580. The molecule has 206 valence electrons. The third kappa shape index (κ3) is 11.9. The Morgan fingerprint density at radius 3 is 1.45 bits per heavy atom. The van der Waals surface area contributed by atoms with E-state index in [1.54, 1.807) is 0 Å². The van der Waals surface area contributed by atoms with Crippen molar-refractivity contribution in [2.24, 2.45) is 10.4 Å². The Morgan fingerprint density at radius 1 is 0.605 bits per heavy atom. The fourth-order valence-electron chi connectivity index (χ4n) is 2.94. The summed E-state index contributed by atoms with van der Waals surface area (Å²) in [6.07, 6.45) is -0.752. The van der Waals surface area contributed by atoms with E-state index in [1.807, 2.05) is 27.7 Å². The first-order valence-corrected chi connectivity index (χ1v) is 11.9. The van der Waals surface area contributed by atoms with Crippen LogP contribution >= 0.6 is 0 Å². The standard InChI is InChI=1S/C26H32N2O10/c1-25(2,13-15-33-23(29)37-21-9-5-19(27-31)6-10-21)35-16-14-26(3,4)36-18-17-34-24(30)38-22-11-7-20(28-32)8-12-22/h5-12H,13-18H2,1-4H3. The molecular formula is C26H32N2O10. The SMILES string of the molecule is CC(C)(CCOC(=O)Oc1ccc(N=O)cc1)OCCC(C)(C)OCCOC(=O)Oc1ccc(N=O)cc1. The number of ether oxygens (including phenoxy) is 6. The van der Waals surface area contributed by atoms with E-state index in [2.05, 4.69) is 10.4 Å². The maximum Gasteiger partial charge on any atom is 0.513 e. The molecule has 0 atom stereocenters. The summed E-state index contributed by atoms with van der Waals surface area (Å²) >= 11 is 0. The largest absolute Gasteiger partial charge is 0.513 e. The molecule has 0 saturated carbocycles. The van der Waals surface area contributed by atoms with Gasteiger partial charge in [-0.15, -0.1) is 9.81 Å². The minimum Gasteiger partial charge on any atom is -0.434 e. The molecule has 0 aliphatic carbocycles. The summed E-state index contributed by atoms with van der Waals surface area (Å²) in [6, 6.07) is 11.5. The minimum atomic E-state index is -0.887. The average Bonchev–Trinajstić information content (AvgIpc) is 2.87. The lowest BCUT2D eigenvalue weighted by Gasteiger charge is -2.29. The van der Waals surface area contributed by atoms with Gasteiger partial charge < -0.3 is 28.4 Å². The molecule has 0 fully saturated rings. The molecule has 0 unspecified atom stereocenters. The van der Waals surface area contributed by atoms with E-state index in [-0.39, 0.29) is 42.7 Å². The Bertz CT molecular complexity index is 1050.